The molecule has 0 aliphatic heterocycles. The van der Waals surface area contributed by atoms with Crippen molar-refractivity contribution < 1.29 is 14.3 Å². The molecule has 0 aliphatic rings. The van der Waals surface area contributed by atoms with Crippen LogP contribution in [0.15, 0.2) is 36.4 Å². The number of anilines is 3. The lowest BCUT2D eigenvalue weighted by molar-refractivity contribution is 0.0698. The molecule has 2 rings (SSSR count). The fourth-order valence-electron chi connectivity index (χ4n) is 1.58. The highest BCUT2D eigenvalue weighted by atomic mass is 35.5. The molecule has 0 saturated heterocycles. The summed E-state index contributed by atoms with van der Waals surface area (Å²) >= 11 is 5.57. The maximum absolute atomic E-state index is 13.3. The highest BCUT2D eigenvalue weighted by Crippen LogP contribution is 2.25. The van der Waals surface area contributed by atoms with Gasteiger partial charge in [-0.1, -0.05) is 11.6 Å². The minimum Gasteiger partial charge on any atom is -0.478 e. The number of hydrogen-bond donors (Lipinski definition) is 3. The molecule has 0 heterocycles. The summed E-state index contributed by atoms with van der Waals surface area (Å²) in [6.07, 6.45) is 0. The Bertz CT molecular complexity index is 647. The topological polar surface area (TPSA) is 75.3 Å². The highest BCUT2D eigenvalue weighted by molar-refractivity contribution is 6.30. The van der Waals surface area contributed by atoms with Gasteiger partial charge < -0.3 is 16.2 Å². The molecular weight excluding hydrogens is 271 g/mol. The average molecular weight is 281 g/mol. The van der Waals surface area contributed by atoms with Crippen molar-refractivity contribution >= 4 is 34.6 Å². The quantitative estimate of drug-likeness (QED) is 0.752. The summed E-state index contributed by atoms with van der Waals surface area (Å²) in [5.74, 6) is -1.71. The molecule has 0 aliphatic carbocycles. The van der Waals surface area contributed by atoms with Crippen LogP contribution in [0.4, 0.5) is 21.5 Å². The van der Waals surface area contributed by atoms with Crippen molar-refractivity contribution in [1.29, 1.82) is 0 Å². The second-order valence-corrected chi connectivity index (χ2v) is 4.27. The Morgan fingerprint density at radius 1 is 1.26 bits per heavy atom. The van der Waals surface area contributed by atoms with E-state index < -0.39 is 11.8 Å². The number of benzene rings is 2. The summed E-state index contributed by atoms with van der Waals surface area (Å²) in [7, 11) is 0. The van der Waals surface area contributed by atoms with Crippen LogP contribution in [-0.4, -0.2) is 11.1 Å². The lowest BCUT2D eigenvalue weighted by atomic mass is 10.1. The van der Waals surface area contributed by atoms with Gasteiger partial charge in [0.05, 0.1) is 16.3 Å². The Kier molecular flexibility index (Phi) is 3.57. The standard InChI is InChI=1S/C13H10ClFN2O2/c14-10-3-2-8(6-11(10)15)17-12-4-1-7(16)5-9(12)13(18)19/h1-6,17H,16H2,(H,18,19). The van der Waals surface area contributed by atoms with Crippen molar-refractivity contribution in [2.24, 2.45) is 0 Å². The van der Waals surface area contributed by atoms with Crippen LogP contribution in [0.3, 0.4) is 0 Å². The number of rotatable bonds is 3. The van der Waals surface area contributed by atoms with Crippen LogP contribution in [0.2, 0.25) is 5.02 Å². The molecule has 4 nitrogen and oxygen atoms in total. The van der Waals surface area contributed by atoms with E-state index >= 15 is 0 Å². The lowest BCUT2D eigenvalue weighted by Crippen LogP contribution is -2.04. The van der Waals surface area contributed by atoms with E-state index in [1.807, 2.05) is 0 Å². The van der Waals surface area contributed by atoms with Crippen molar-refractivity contribution in [1.82, 2.24) is 0 Å². The zero-order valence-electron chi connectivity index (χ0n) is 9.65. The SMILES string of the molecule is Nc1ccc(Nc2ccc(Cl)c(F)c2)c(C(=O)O)c1. The van der Waals surface area contributed by atoms with Crippen molar-refractivity contribution in [2.75, 3.05) is 11.1 Å². The van der Waals surface area contributed by atoms with Crippen LogP contribution in [0.5, 0.6) is 0 Å². The van der Waals surface area contributed by atoms with Gasteiger partial charge in [-0.05, 0) is 36.4 Å². The van der Waals surface area contributed by atoms with Crippen LogP contribution in [0, 0.1) is 5.82 Å². The van der Waals surface area contributed by atoms with E-state index in [4.69, 9.17) is 22.4 Å². The number of nitrogens with two attached hydrogens (primary N) is 1. The fraction of sp³-hybridized carbons (Fsp3) is 0. The predicted molar refractivity (Wildman–Crippen MR) is 72.5 cm³/mol. The van der Waals surface area contributed by atoms with Crippen molar-refractivity contribution in [3.05, 3.63) is 52.8 Å². The molecule has 6 heteroatoms. The number of aromatic carboxylic acids is 1. The third-order valence-corrected chi connectivity index (χ3v) is 2.78. The molecule has 2 aromatic rings. The minimum absolute atomic E-state index is 0.00122. The molecule has 0 fully saturated rings. The van der Waals surface area contributed by atoms with Gasteiger partial charge in [-0.3, -0.25) is 0 Å². The lowest BCUT2D eigenvalue weighted by Gasteiger charge is -2.10. The van der Waals surface area contributed by atoms with Gasteiger partial charge in [-0.2, -0.15) is 0 Å². The van der Waals surface area contributed by atoms with E-state index in [9.17, 15) is 9.18 Å². The smallest absolute Gasteiger partial charge is 0.337 e. The van der Waals surface area contributed by atoms with Gasteiger partial charge in [0.2, 0.25) is 0 Å². The zero-order chi connectivity index (χ0) is 14.0. The predicted octanol–water partition coefficient (Wildman–Crippen LogP) is 3.50. The Hall–Kier alpha value is -2.27. The third-order valence-electron chi connectivity index (χ3n) is 2.47. The van der Waals surface area contributed by atoms with Gasteiger partial charge in [-0.15, -0.1) is 0 Å². The van der Waals surface area contributed by atoms with Crippen LogP contribution < -0.4 is 11.1 Å². The molecule has 0 atom stereocenters. The molecule has 98 valence electrons. The molecule has 0 radical (unpaired) electrons. The molecule has 0 aromatic heterocycles. The summed E-state index contributed by atoms with van der Waals surface area (Å²) in [6.45, 7) is 0. The van der Waals surface area contributed by atoms with Crippen LogP contribution >= 0.6 is 11.6 Å². The molecule has 0 amide bonds. The third kappa shape index (κ3) is 2.95. The molecular formula is C13H10ClFN2O2. The number of carboxylic acids is 1. The molecule has 0 unspecified atom stereocenters. The van der Waals surface area contributed by atoms with E-state index in [0.717, 1.165) is 0 Å². The number of halogens is 2. The van der Waals surface area contributed by atoms with E-state index in [1.165, 1.54) is 24.3 Å². The summed E-state index contributed by atoms with van der Waals surface area (Å²) < 4.78 is 13.3. The molecule has 0 spiro atoms. The second-order valence-electron chi connectivity index (χ2n) is 3.86. The minimum atomic E-state index is -1.12. The number of nitrogens with one attached hydrogen (secondary N) is 1. The number of carboxylic acid groups (broad SMARTS) is 1. The van der Waals surface area contributed by atoms with E-state index in [-0.39, 0.29) is 10.6 Å². The summed E-state index contributed by atoms with van der Waals surface area (Å²) in [4.78, 5) is 11.1. The maximum atomic E-state index is 13.3. The molecule has 4 N–H and O–H groups in total. The maximum Gasteiger partial charge on any atom is 0.337 e. The van der Waals surface area contributed by atoms with Crippen molar-refractivity contribution in [2.45, 2.75) is 0 Å². The van der Waals surface area contributed by atoms with Gasteiger partial charge in [0, 0.05) is 11.4 Å². The van der Waals surface area contributed by atoms with Crippen LogP contribution in [0.1, 0.15) is 10.4 Å². The van der Waals surface area contributed by atoms with Gasteiger partial charge >= 0.3 is 5.97 Å². The largest absolute Gasteiger partial charge is 0.478 e. The Balaban J connectivity index is 2.37. The van der Waals surface area contributed by atoms with Gasteiger partial charge in [0.1, 0.15) is 5.82 Å². The Labute approximate surface area is 113 Å². The van der Waals surface area contributed by atoms with Gasteiger partial charge in [-0.25, -0.2) is 9.18 Å². The fourth-order valence-corrected chi connectivity index (χ4v) is 1.69. The first-order valence-electron chi connectivity index (χ1n) is 5.32. The first kappa shape index (κ1) is 13.2. The molecule has 2 aromatic carbocycles. The summed E-state index contributed by atoms with van der Waals surface area (Å²) in [5.41, 5.74) is 6.60. The monoisotopic (exact) mass is 280 g/mol. The number of nitrogen functional groups attached to an aromatic ring is 1. The first-order chi connectivity index (χ1) is 8.97. The number of hydrogen-bond acceptors (Lipinski definition) is 3. The first-order valence-corrected chi connectivity index (χ1v) is 5.70. The zero-order valence-corrected chi connectivity index (χ0v) is 10.4. The van der Waals surface area contributed by atoms with Crippen LogP contribution in [0.25, 0.3) is 0 Å². The Morgan fingerprint density at radius 2 is 2.00 bits per heavy atom. The van der Waals surface area contributed by atoms with Crippen molar-refractivity contribution in [3.63, 3.8) is 0 Å². The van der Waals surface area contributed by atoms with Crippen molar-refractivity contribution in [3.8, 4) is 0 Å². The molecule has 19 heavy (non-hydrogen) atoms. The second kappa shape index (κ2) is 5.16. The average Bonchev–Trinajstić information content (AvgIpc) is 2.36. The van der Waals surface area contributed by atoms with Gasteiger partial charge in [0.15, 0.2) is 0 Å². The highest BCUT2D eigenvalue weighted by Gasteiger charge is 2.11. The molecule has 0 bridgehead atoms. The van der Waals surface area contributed by atoms with E-state index in [1.54, 1.807) is 12.1 Å². The van der Waals surface area contributed by atoms with E-state index in [0.29, 0.717) is 17.1 Å². The summed E-state index contributed by atoms with van der Waals surface area (Å²) in [6, 6.07) is 8.53. The van der Waals surface area contributed by atoms with E-state index in [2.05, 4.69) is 5.32 Å². The molecule has 0 saturated carbocycles. The normalized spacial score (nSPS) is 10.2. The van der Waals surface area contributed by atoms with Gasteiger partial charge in [0.25, 0.3) is 0 Å². The van der Waals surface area contributed by atoms with Crippen LogP contribution in [-0.2, 0) is 0 Å². The number of carbonyl (C=O) groups is 1. The summed E-state index contributed by atoms with van der Waals surface area (Å²) in [5, 5.41) is 11.9. The Morgan fingerprint density at radius 3 is 2.63 bits per heavy atom.